The molecule has 0 bridgehead atoms. The van der Waals surface area contributed by atoms with Crippen molar-refractivity contribution in [2.45, 2.75) is 72.4 Å². The van der Waals surface area contributed by atoms with Gasteiger partial charge in [-0.2, -0.15) is 0 Å². The van der Waals surface area contributed by atoms with Gasteiger partial charge in [0.15, 0.2) is 0 Å². The molecule has 0 aliphatic heterocycles. The molecule has 0 saturated heterocycles. The van der Waals surface area contributed by atoms with E-state index in [1.54, 1.807) is 45.0 Å². The molecule has 27 heteroatoms. The van der Waals surface area contributed by atoms with Crippen molar-refractivity contribution >= 4 is 121 Å². The third-order valence-electron chi connectivity index (χ3n) is 7.98. The molecule has 13 nitrogen and oxygen atoms in total. The van der Waals surface area contributed by atoms with Crippen molar-refractivity contribution in [1.82, 2.24) is 10.6 Å². The number of benzene rings is 6. The average molecular weight is 1090 g/mol. The summed E-state index contributed by atoms with van der Waals surface area (Å²) >= 11 is 3.37. The van der Waals surface area contributed by atoms with Gasteiger partial charge < -0.3 is 57.6 Å². The Labute approximate surface area is 466 Å². The molecule has 0 saturated carbocycles. The Hall–Kier alpha value is -6.46. The van der Waals surface area contributed by atoms with Crippen LogP contribution >= 0.6 is 15.9 Å². The number of alkyl carbamates (subject to hydrolysis) is 2. The predicted octanol–water partition coefficient (Wildman–Crippen LogP) is 7.66. The fraction of sp³-hybridized carbons (Fsp3) is 0.224. The second-order valence-corrected chi connectivity index (χ2v) is 17.8. The summed E-state index contributed by atoms with van der Waals surface area (Å²) in [5, 5.41) is 14.1. The maximum Gasteiger partial charge on any atom is 0.407 e. The van der Waals surface area contributed by atoms with Crippen LogP contribution in [0.4, 0.5) is 39.8 Å². The number of amides is 2. The van der Waals surface area contributed by atoms with Gasteiger partial charge in [-0.15, -0.1) is 0 Å². The minimum absolute atomic E-state index is 0. The zero-order valence-electron chi connectivity index (χ0n) is 43.2. The summed E-state index contributed by atoms with van der Waals surface area (Å²) in [4.78, 5) is 23.0. The van der Waals surface area contributed by atoms with Crippen LogP contribution in [0.15, 0.2) is 132 Å². The van der Waals surface area contributed by atoms with Gasteiger partial charge in [-0.25, -0.2) is 22.8 Å². The summed E-state index contributed by atoms with van der Waals surface area (Å²) in [5.74, 6) is 0.681. The monoisotopic (exact) mass is 1090 g/mol. The third kappa shape index (κ3) is 34.9. The van der Waals surface area contributed by atoms with Crippen LogP contribution in [-0.2, 0) is 29.1 Å². The highest BCUT2D eigenvalue weighted by Crippen LogP contribution is 2.27. The maximum atomic E-state index is 13.2. The SMILES string of the molecule is CC(C)(C)OC(=O)NCc1cccc(Br)c1.CC(C)(C)OC(=O)NCc1cccc(Oc2ccc(F)c(N)c2)c1.NCc1cccc(Oc2ccc(F)c(N)c2)c1.Nc1cc(O)ccc1F.[B].[B]B([B])[B].[B][B].[B][B][B]. The molecular formula is C49H56B10BrF3N6O7. The van der Waals surface area contributed by atoms with Gasteiger partial charge in [0, 0.05) is 118 Å². The Bertz CT molecular complexity index is 2630. The molecule has 0 aliphatic carbocycles. The number of ether oxygens (including phenoxy) is 4. The Morgan fingerprint density at radius 1 is 0.592 bits per heavy atom. The first-order valence-corrected chi connectivity index (χ1v) is 23.0. The minimum Gasteiger partial charge on any atom is -0.508 e. The highest BCUT2D eigenvalue weighted by atomic mass is 79.9. The fourth-order valence-corrected chi connectivity index (χ4v) is 5.50. The van der Waals surface area contributed by atoms with Gasteiger partial charge in [0.2, 0.25) is 0 Å². The van der Waals surface area contributed by atoms with E-state index in [4.69, 9.17) is 47.0 Å². The van der Waals surface area contributed by atoms with Gasteiger partial charge >= 0.3 is 12.2 Å². The molecule has 0 spiro atoms. The molecule has 2 amide bonds. The van der Waals surface area contributed by atoms with Crippen molar-refractivity contribution in [1.29, 1.82) is 0 Å². The van der Waals surface area contributed by atoms with E-state index in [0.717, 1.165) is 40.4 Å². The van der Waals surface area contributed by atoms with Gasteiger partial charge in [-0.05, 0) is 131 Å². The zero-order valence-corrected chi connectivity index (χ0v) is 44.8. The van der Waals surface area contributed by atoms with E-state index in [1.165, 1.54) is 42.5 Å². The van der Waals surface area contributed by atoms with Crippen LogP contribution < -0.4 is 43.0 Å². The zero-order chi connectivity index (χ0) is 57.3. The molecule has 0 unspecified atom stereocenters. The van der Waals surface area contributed by atoms with Crippen molar-refractivity contribution in [3.05, 3.63) is 166 Å². The van der Waals surface area contributed by atoms with Crippen LogP contribution in [-0.4, -0.2) is 105 Å². The fourth-order valence-electron chi connectivity index (χ4n) is 5.05. The van der Waals surface area contributed by atoms with Gasteiger partial charge in [-0.3, -0.25) is 0 Å². The molecular weight excluding hydrogens is 1030 g/mol. The number of aromatic hydroxyl groups is 1. The lowest BCUT2D eigenvalue weighted by Gasteiger charge is -2.19. The van der Waals surface area contributed by atoms with Gasteiger partial charge in [0.05, 0.1) is 17.1 Å². The molecule has 11 N–H and O–H groups in total. The number of phenolic OH excluding ortho intramolecular Hbond substituents is 1. The number of nitrogens with one attached hydrogen (secondary N) is 2. The van der Waals surface area contributed by atoms with Crippen LogP contribution in [0.1, 0.15) is 58.2 Å². The normalized spacial score (nSPS) is 9.72. The number of halogens is 4. The van der Waals surface area contributed by atoms with Crippen LogP contribution in [0.5, 0.6) is 28.7 Å². The number of hydrogen-bond acceptors (Lipinski definition) is 11. The van der Waals surface area contributed by atoms with E-state index >= 15 is 0 Å². The first-order valence-electron chi connectivity index (χ1n) is 22.2. The Kier molecular flexibility index (Phi) is 35.9. The summed E-state index contributed by atoms with van der Waals surface area (Å²) in [7, 11) is 32.0. The first-order chi connectivity index (χ1) is 35.1. The topological polar surface area (TPSA) is 219 Å². The number of rotatable bonds is 9. The summed E-state index contributed by atoms with van der Waals surface area (Å²) in [6.45, 7) is 12.1. The number of carbonyl (C=O) groups is 2. The van der Waals surface area contributed by atoms with Crippen LogP contribution in [0.2, 0.25) is 0 Å². The third-order valence-corrected chi connectivity index (χ3v) is 8.47. The lowest BCUT2D eigenvalue weighted by Crippen LogP contribution is -2.32. The largest absolute Gasteiger partial charge is 0.508 e. The van der Waals surface area contributed by atoms with Crippen molar-refractivity contribution in [3.63, 3.8) is 0 Å². The van der Waals surface area contributed by atoms with Crippen LogP contribution in [0, 0.1) is 17.5 Å². The van der Waals surface area contributed by atoms with E-state index in [1.807, 2.05) is 69.3 Å². The highest BCUT2D eigenvalue weighted by Gasteiger charge is 2.17. The lowest BCUT2D eigenvalue weighted by molar-refractivity contribution is 0.0512. The van der Waals surface area contributed by atoms with Gasteiger partial charge in [-0.1, -0.05) is 52.3 Å². The number of hydrogen-bond donors (Lipinski definition) is 7. The van der Waals surface area contributed by atoms with Crippen LogP contribution in [0.25, 0.3) is 0 Å². The van der Waals surface area contributed by atoms with Crippen molar-refractivity contribution in [3.8, 4) is 28.7 Å². The second kappa shape index (κ2) is 38.1. The molecule has 0 fully saturated rings. The summed E-state index contributed by atoms with van der Waals surface area (Å²) in [6.07, 6.45) is -1.55. The molecule has 18 radical (unpaired) electrons. The predicted molar refractivity (Wildman–Crippen MR) is 313 cm³/mol. The minimum atomic E-state index is -0.667. The van der Waals surface area contributed by atoms with E-state index < -0.39 is 47.2 Å². The van der Waals surface area contributed by atoms with E-state index in [-0.39, 0.29) is 31.2 Å². The highest BCUT2D eigenvalue weighted by molar-refractivity contribution is 9.10. The van der Waals surface area contributed by atoms with E-state index in [9.17, 15) is 22.8 Å². The van der Waals surface area contributed by atoms with E-state index in [2.05, 4.69) is 80.7 Å². The van der Waals surface area contributed by atoms with Crippen molar-refractivity contribution < 1.29 is 46.8 Å². The molecule has 0 heterocycles. The molecule has 6 rings (SSSR count). The Balaban J connectivity index is 0. The Morgan fingerprint density at radius 3 is 1.26 bits per heavy atom. The maximum absolute atomic E-state index is 13.2. The number of carbonyl (C=O) groups excluding carboxylic acids is 2. The quantitative estimate of drug-likeness (QED) is 0.0551. The Morgan fingerprint density at radius 2 is 0.921 bits per heavy atom. The average Bonchev–Trinajstić information content (AvgIpc) is 3.32. The van der Waals surface area contributed by atoms with E-state index in [0.29, 0.717) is 42.6 Å². The lowest BCUT2D eigenvalue weighted by atomic mass is 9.08. The summed E-state index contributed by atoms with van der Waals surface area (Å²) in [5.41, 5.74) is 23.5. The summed E-state index contributed by atoms with van der Waals surface area (Å²) < 4.78 is 60.9. The molecule has 0 aliphatic rings. The van der Waals surface area contributed by atoms with Crippen molar-refractivity contribution in [2.24, 2.45) is 5.73 Å². The molecule has 76 heavy (non-hydrogen) atoms. The second-order valence-electron chi connectivity index (χ2n) is 16.9. The smallest absolute Gasteiger partial charge is 0.407 e. The van der Waals surface area contributed by atoms with Crippen molar-refractivity contribution in [2.75, 3.05) is 17.2 Å². The molecule has 6 aromatic carbocycles. The molecule has 0 atom stereocenters. The molecule has 382 valence electrons. The molecule has 0 aromatic heterocycles. The number of anilines is 3. The van der Waals surface area contributed by atoms with Gasteiger partial charge in [0.1, 0.15) is 57.4 Å². The number of nitrogen functional groups attached to an aromatic ring is 3. The summed E-state index contributed by atoms with van der Waals surface area (Å²) in [6, 6.07) is 34.3. The van der Waals surface area contributed by atoms with Gasteiger partial charge in [0.25, 0.3) is 0 Å². The number of nitrogens with two attached hydrogens (primary N) is 4. The standard InChI is InChI=1S/C18H21FN2O3.C13H13FN2O.C12H16BrNO2.C6H6FNO.B4.B3.B2.B/c1-18(2,3)24-17(22)21-11-12-5-4-6-13(9-12)23-14-7-8-15(19)16(20)10-14;14-12-5-4-11(7-13(12)16)17-10-3-1-2-9(6-10)8-15;1-12(2,3)16-11(15)14-8-9-5-4-6-10(13)7-9;7-5-2-1-4(9)3-6(5)8;1-4(2)3;1-3-2;1-2;/h4-10H,11,20H2,1-3H3,(H,21,22);1-7H,8,15-16H2;4-7H,8H2,1-3H3,(H,14,15);1-3,9H,8H2;;;;. The first kappa shape index (κ1) is 71.6. The number of phenols is 1. The van der Waals surface area contributed by atoms with Crippen LogP contribution in [0.3, 0.4) is 0 Å². The molecule has 6 aromatic rings.